The van der Waals surface area contributed by atoms with Gasteiger partial charge in [0.15, 0.2) is 0 Å². The predicted octanol–water partition coefficient (Wildman–Crippen LogP) is 2.43. The maximum Gasteiger partial charge on any atom is 0.251 e. The van der Waals surface area contributed by atoms with Crippen LogP contribution in [0.5, 0.6) is 0 Å². The maximum absolute atomic E-state index is 12.3. The Morgan fingerprint density at radius 1 is 1.43 bits per heavy atom. The molecule has 116 valence electrons. The number of nitrogen functional groups attached to an aromatic ring is 1. The first kappa shape index (κ1) is 15.8. The molecular formula is C17H27N3O. The van der Waals surface area contributed by atoms with Gasteiger partial charge >= 0.3 is 0 Å². The number of likely N-dealkylation sites (tertiary alicyclic amines) is 1. The second-order valence-electron chi connectivity index (χ2n) is 6.35. The summed E-state index contributed by atoms with van der Waals surface area (Å²) in [5.74, 6) is 0.801. The lowest BCUT2D eigenvalue weighted by Gasteiger charge is -2.35. The van der Waals surface area contributed by atoms with Gasteiger partial charge in [-0.25, -0.2) is 0 Å². The molecule has 0 spiro atoms. The van der Waals surface area contributed by atoms with Crippen molar-refractivity contribution >= 4 is 11.6 Å². The van der Waals surface area contributed by atoms with E-state index in [9.17, 15) is 4.79 Å². The average molecular weight is 289 g/mol. The van der Waals surface area contributed by atoms with Crippen LogP contribution in [0.1, 0.15) is 42.6 Å². The Balaban J connectivity index is 1.87. The molecule has 1 atom stereocenters. The number of piperidine rings is 1. The zero-order valence-corrected chi connectivity index (χ0v) is 13.4. The van der Waals surface area contributed by atoms with E-state index in [-0.39, 0.29) is 5.91 Å². The summed E-state index contributed by atoms with van der Waals surface area (Å²) in [6.07, 6.45) is 2.51. The van der Waals surface area contributed by atoms with Gasteiger partial charge in [-0.05, 0) is 63.4 Å². The summed E-state index contributed by atoms with van der Waals surface area (Å²) in [5.41, 5.74) is 8.03. The number of rotatable bonds is 4. The van der Waals surface area contributed by atoms with E-state index in [1.807, 2.05) is 19.1 Å². The van der Waals surface area contributed by atoms with Crippen molar-refractivity contribution in [3.05, 3.63) is 29.3 Å². The molecule has 1 aliphatic heterocycles. The number of carbonyl (C=O) groups is 1. The van der Waals surface area contributed by atoms with E-state index in [1.54, 1.807) is 6.07 Å². The molecule has 0 aliphatic carbocycles. The summed E-state index contributed by atoms with van der Waals surface area (Å²) >= 11 is 0. The summed E-state index contributed by atoms with van der Waals surface area (Å²) in [7, 11) is 0. The number of nitrogens with zero attached hydrogens (tertiary/aromatic N) is 1. The first-order valence-corrected chi connectivity index (χ1v) is 7.85. The van der Waals surface area contributed by atoms with E-state index in [0.717, 1.165) is 24.6 Å². The van der Waals surface area contributed by atoms with Gasteiger partial charge in [0.05, 0.1) is 0 Å². The number of nitrogens with one attached hydrogen (secondary N) is 1. The van der Waals surface area contributed by atoms with Gasteiger partial charge in [0.1, 0.15) is 0 Å². The molecule has 0 radical (unpaired) electrons. The Morgan fingerprint density at radius 3 is 2.76 bits per heavy atom. The molecule has 1 aromatic rings. The fraction of sp³-hybridized carbons (Fsp3) is 0.588. The lowest BCUT2D eigenvalue weighted by atomic mass is 9.98. The van der Waals surface area contributed by atoms with Crippen LogP contribution in [0.3, 0.4) is 0 Å². The SMILES string of the molecule is Cc1ccc(N)cc1C(=O)NCC(C)N1CCC(C)CC1. The first-order valence-electron chi connectivity index (χ1n) is 7.85. The molecule has 1 heterocycles. The standard InChI is InChI=1S/C17H27N3O/c1-12-6-8-20(9-7-12)14(3)11-19-17(21)16-10-15(18)5-4-13(16)2/h4-5,10,12,14H,6-9,11,18H2,1-3H3,(H,19,21). The van der Waals surface area contributed by atoms with Crippen LogP contribution in [0, 0.1) is 12.8 Å². The van der Waals surface area contributed by atoms with E-state index in [4.69, 9.17) is 5.73 Å². The molecule has 2 rings (SSSR count). The van der Waals surface area contributed by atoms with E-state index in [1.165, 1.54) is 12.8 Å². The summed E-state index contributed by atoms with van der Waals surface area (Å²) < 4.78 is 0. The van der Waals surface area contributed by atoms with E-state index in [2.05, 4.69) is 24.1 Å². The minimum absolute atomic E-state index is 0.0305. The van der Waals surface area contributed by atoms with Crippen LogP contribution in [0.15, 0.2) is 18.2 Å². The summed E-state index contributed by atoms with van der Waals surface area (Å²) in [6, 6.07) is 5.84. The fourth-order valence-electron chi connectivity index (χ4n) is 2.82. The number of hydrogen-bond donors (Lipinski definition) is 2. The van der Waals surface area contributed by atoms with Gasteiger partial charge in [-0.1, -0.05) is 13.0 Å². The molecule has 1 aliphatic rings. The lowest BCUT2D eigenvalue weighted by Crippen LogP contribution is -2.45. The van der Waals surface area contributed by atoms with E-state index >= 15 is 0 Å². The second-order valence-corrected chi connectivity index (χ2v) is 6.35. The summed E-state index contributed by atoms with van der Waals surface area (Å²) in [5, 5.41) is 3.04. The van der Waals surface area contributed by atoms with E-state index in [0.29, 0.717) is 23.8 Å². The molecule has 0 saturated carbocycles. The normalized spacial score (nSPS) is 18.4. The highest BCUT2D eigenvalue weighted by Gasteiger charge is 2.20. The van der Waals surface area contributed by atoms with Gasteiger partial charge in [-0.2, -0.15) is 0 Å². The van der Waals surface area contributed by atoms with E-state index < -0.39 is 0 Å². The lowest BCUT2D eigenvalue weighted by molar-refractivity contribution is 0.0921. The zero-order valence-electron chi connectivity index (χ0n) is 13.4. The molecule has 3 N–H and O–H groups in total. The second kappa shape index (κ2) is 6.94. The number of nitrogens with two attached hydrogens (primary N) is 1. The maximum atomic E-state index is 12.3. The Morgan fingerprint density at radius 2 is 2.10 bits per heavy atom. The van der Waals surface area contributed by atoms with Gasteiger partial charge in [0.25, 0.3) is 5.91 Å². The topological polar surface area (TPSA) is 58.4 Å². The molecule has 1 saturated heterocycles. The van der Waals surface area contributed by atoms with Crippen molar-refractivity contribution < 1.29 is 4.79 Å². The third-order valence-electron chi connectivity index (χ3n) is 4.51. The molecule has 1 aromatic carbocycles. The molecule has 0 bridgehead atoms. The van der Waals surface area contributed by atoms with Crippen molar-refractivity contribution in [3.8, 4) is 0 Å². The largest absolute Gasteiger partial charge is 0.399 e. The van der Waals surface area contributed by atoms with Crippen LogP contribution < -0.4 is 11.1 Å². The van der Waals surface area contributed by atoms with Crippen LogP contribution in [-0.2, 0) is 0 Å². The smallest absolute Gasteiger partial charge is 0.251 e. The Bertz CT molecular complexity index is 493. The number of hydrogen-bond acceptors (Lipinski definition) is 3. The molecular weight excluding hydrogens is 262 g/mol. The first-order chi connectivity index (χ1) is 9.97. The van der Waals surface area contributed by atoms with Crippen LogP contribution in [0.25, 0.3) is 0 Å². The van der Waals surface area contributed by atoms with Gasteiger partial charge in [0, 0.05) is 23.8 Å². The van der Waals surface area contributed by atoms with Gasteiger partial charge < -0.3 is 11.1 Å². The van der Waals surface area contributed by atoms with Crippen LogP contribution in [0.2, 0.25) is 0 Å². The van der Waals surface area contributed by atoms with Crippen LogP contribution in [-0.4, -0.2) is 36.5 Å². The minimum atomic E-state index is -0.0305. The number of amides is 1. The number of benzene rings is 1. The van der Waals surface area contributed by atoms with Crippen molar-refractivity contribution in [1.29, 1.82) is 0 Å². The van der Waals surface area contributed by atoms with Crippen molar-refractivity contribution in [2.45, 2.75) is 39.7 Å². The molecule has 1 fully saturated rings. The Kier molecular flexibility index (Phi) is 5.23. The van der Waals surface area contributed by atoms with Gasteiger partial charge in [-0.15, -0.1) is 0 Å². The molecule has 0 aromatic heterocycles. The third kappa shape index (κ3) is 4.21. The predicted molar refractivity (Wildman–Crippen MR) is 87.4 cm³/mol. The third-order valence-corrected chi connectivity index (χ3v) is 4.51. The van der Waals surface area contributed by atoms with Gasteiger partial charge in [0.2, 0.25) is 0 Å². The highest BCUT2D eigenvalue weighted by molar-refractivity contribution is 5.96. The summed E-state index contributed by atoms with van der Waals surface area (Å²) in [6.45, 7) is 9.38. The molecule has 1 amide bonds. The van der Waals surface area contributed by atoms with Crippen LogP contribution >= 0.6 is 0 Å². The monoisotopic (exact) mass is 289 g/mol. The fourth-order valence-corrected chi connectivity index (χ4v) is 2.82. The van der Waals surface area contributed by atoms with Gasteiger partial charge in [-0.3, -0.25) is 9.69 Å². The van der Waals surface area contributed by atoms with Crippen LogP contribution in [0.4, 0.5) is 5.69 Å². The quantitative estimate of drug-likeness (QED) is 0.837. The van der Waals surface area contributed by atoms with Crippen molar-refractivity contribution in [2.75, 3.05) is 25.4 Å². The average Bonchev–Trinajstić information content (AvgIpc) is 2.47. The highest BCUT2D eigenvalue weighted by atomic mass is 16.1. The Labute approximate surface area is 127 Å². The van der Waals surface area contributed by atoms with Crippen molar-refractivity contribution in [1.82, 2.24) is 10.2 Å². The summed E-state index contributed by atoms with van der Waals surface area (Å²) in [4.78, 5) is 14.7. The molecule has 4 heteroatoms. The molecule has 1 unspecified atom stereocenters. The minimum Gasteiger partial charge on any atom is -0.399 e. The number of anilines is 1. The molecule has 21 heavy (non-hydrogen) atoms. The van der Waals surface area contributed by atoms with Crippen molar-refractivity contribution in [3.63, 3.8) is 0 Å². The van der Waals surface area contributed by atoms with Crippen molar-refractivity contribution in [2.24, 2.45) is 5.92 Å². The number of aryl methyl sites for hydroxylation is 1. The highest BCUT2D eigenvalue weighted by Crippen LogP contribution is 2.18. The number of carbonyl (C=O) groups excluding carboxylic acids is 1. The zero-order chi connectivity index (χ0) is 15.4. The Hall–Kier alpha value is -1.55. The molecule has 4 nitrogen and oxygen atoms in total.